The van der Waals surface area contributed by atoms with E-state index in [9.17, 15) is 0 Å². The molecule has 1 aromatic heterocycles. The van der Waals surface area contributed by atoms with Crippen molar-refractivity contribution in [1.82, 2.24) is 10.2 Å². The largest absolute Gasteiger partial charge is 0.384 e. The first-order chi connectivity index (χ1) is 8.33. The van der Waals surface area contributed by atoms with Gasteiger partial charge in [-0.25, -0.2) is 0 Å². The van der Waals surface area contributed by atoms with Crippen LogP contribution < -0.4 is 5.73 Å². The molecule has 0 amide bonds. The van der Waals surface area contributed by atoms with Gasteiger partial charge in [0, 0.05) is 10.5 Å². The molecule has 0 aliphatic carbocycles. The van der Waals surface area contributed by atoms with Crippen molar-refractivity contribution in [1.29, 1.82) is 0 Å². The molecule has 5 heteroatoms. The highest BCUT2D eigenvalue weighted by molar-refractivity contribution is 8.00. The first-order valence-corrected chi connectivity index (χ1v) is 6.34. The standard InChI is InChI=1S/C12H13N3OS/c13-12-11(5-14-15-12)8-1-3-9(4-2-8)17-10-6-16-7-10/h1-5,10H,6-7H2,(H3,13,14,15). The van der Waals surface area contributed by atoms with Crippen LogP contribution in [0.3, 0.4) is 0 Å². The Labute approximate surface area is 104 Å². The summed E-state index contributed by atoms with van der Waals surface area (Å²) in [7, 11) is 0. The van der Waals surface area contributed by atoms with Gasteiger partial charge in [-0.1, -0.05) is 12.1 Å². The molecule has 88 valence electrons. The maximum atomic E-state index is 5.78. The Morgan fingerprint density at radius 1 is 1.29 bits per heavy atom. The summed E-state index contributed by atoms with van der Waals surface area (Å²) >= 11 is 1.86. The average molecular weight is 247 g/mol. The number of nitrogens with two attached hydrogens (primary N) is 1. The minimum Gasteiger partial charge on any atom is -0.384 e. The maximum absolute atomic E-state index is 5.78. The van der Waals surface area contributed by atoms with E-state index in [4.69, 9.17) is 10.5 Å². The minimum atomic E-state index is 0.609. The second kappa shape index (κ2) is 4.43. The summed E-state index contributed by atoms with van der Waals surface area (Å²) in [6.07, 6.45) is 1.75. The molecule has 1 aliphatic rings. The van der Waals surface area contributed by atoms with E-state index < -0.39 is 0 Å². The molecule has 3 rings (SSSR count). The number of hydrogen-bond donors (Lipinski definition) is 2. The maximum Gasteiger partial charge on any atom is 0.126 e. The van der Waals surface area contributed by atoms with Crippen LogP contribution in [0.15, 0.2) is 35.4 Å². The predicted octanol–water partition coefficient (Wildman–Crippen LogP) is 2.15. The molecule has 4 nitrogen and oxygen atoms in total. The number of anilines is 1. The molecule has 2 heterocycles. The highest BCUT2D eigenvalue weighted by Gasteiger charge is 2.19. The zero-order chi connectivity index (χ0) is 11.7. The van der Waals surface area contributed by atoms with Crippen molar-refractivity contribution < 1.29 is 4.74 Å². The van der Waals surface area contributed by atoms with E-state index in [1.54, 1.807) is 6.20 Å². The van der Waals surface area contributed by atoms with Gasteiger partial charge in [0.05, 0.1) is 24.7 Å². The highest BCUT2D eigenvalue weighted by Crippen LogP contribution is 2.30. The molecule has 0 bridgehead atoms. The Bertz CT molecular complexity index is 505. The zero-order valence-corrected chi connectivity index (χ0v) is 10.0. The number of ether oxygens (including phenoxy) is 1. The molecule has 0 unspecified atom stereocenters. The fourth-order valence-electron chi connectivity index (χ4n) is 1.71. The summed E-state index contributed by atoms with van der Waals surface area (Å²) in [5.41, 5.74) is 7.82. The number of thioether (sulfide) groups is 1. The Morgan fingerprint density at radius 2 is 2.06 bits per heavy atom. The first kappa shape index (κ1) is 10.7. The van der Waals surface area contributed by atoms with Crippen LogP contribution in [0.5, 0.6) is 0 Å². The SMILES string of the molecule is Nc1[nH]ncc1-c1ccc(SC2COC2)cc1. The topological polar surface area (TPSA) is 63.9 Å². The van der Waals surface area contributed by atoms with E-state index in [0.717, 1.165) is 24.3 Å². The third-order valence-corrected chi connectivity index (χ3v) is 3.89. The second-order valence-corrected chi connectivity index (χ2v) is 5.37. The van der Waals surface area contributed by atoms with Gasteiger partial charge in [-0.15, -0.1) is 11.8 Å². The van der Waals surface area contributed by atoms with Crippen LogP contribution in [0.1, 0.15) is 0 Å². The Balaban J connectivity index is 1.77. The second-order valence-electron chi connectivity index (χ2n) is 4.00. The van der Waals surface area contributed by atoms with Crippen LogP contribution in [0.25, 0.3) is 11.1 Å². The molecule has 1 aliphatic heterocycles. The van der Waals surface area contributed by atoms with E-state index in [-0.39, 0.29) is 0 Å². The summed E-state index contributed by atoms with van der Waals surface area (Å²) in [6, 6.07) is 8.38. The van der Waals surface area contributed by atoms with Gasteiger partial charge in [0.15, 0.2) is 0 Å². The number of nitrogens with one attached hydrogen (secondary N) is 1. The molecule has 0 saturated carbocycles. The molecular formula is C12H13N3OS. The smallest absolute Gasteiger partial charge is 0.126 e. The number of hydrogen-bond acceptors (Lipinski definition) is 4. The fraction of sp³-hybridized carbons (Fsp3) is 0.250. The molecule has 0 atom stereocenters. The van der Waals surface area contributed by atoms with E-state index in [1.807, 2.05) is 11.8 Å². The van der Waals surface area contributed by atoms with Crippen molar-refractivity contribution in [2.45, 2.75) is 10.1 Å². The van der Waals surface area contributed by atoms with Crippen molar-refractivity contribution in [2.24, 2.45) is 0 Å². The van der Waals surface area contributed by atoms with Crippen molar-refractivity contribution in [2.75, 3.05) is 18.9 Å². The van der Waals surface area contributed by atoms with E-state index in [0.29, 0.717) is 11.1 Å². The average Bonchev–Trinajstić information content (AvgIpc) is 2.71. The van der Waals surface area contributed by atoms with Gasteiger partial charge in [-0.05, 0) is 17.7 Å². The molecule has 0 radical (unpaired) electrons. The van der Waals surface area contributed by atoms with Crippen LogP contribution >= 0.6 is 11.8 Å². The number of aromatic nitrogens is 2. The van der Waals surface area contributed by atoms with Crippen molar-refractivity contribution in [3.8, 4) is 11.1 Å². The molecular weight excluding hydrogens is 234 g/mol. The lowest BCUT2D eigenvalue weighted by atomic mass is 10.1. The van der Waals surface area contributed by atoms with Crippen LogP contribution in [0.4, 0.5) is 5.82 Å². The third-order valence-electron chi connectivity index (χ3n) is 2.74. The molecule has 1 fully saturated rings. The fourth-order valence-corrected chi connectivity index (χ4v) is 2.72. The summed E-state index contributed by atoms with van der Waals surface area (Å²) < 4.78 is 5.16. The number of rotatable bonds is 3. The van der Waals surface area contributed by atoms with Gasteiger partial charge in [0.1, 0.15) is 5.82 Å². The minimum absolute atomic E-state index is 0.609. The molecule has 17 heavy (non-hydrogen) atoms. The van der Waals surface area contributed by atoms with E-state index >= 15 is 0 Å². The number of nitrogen functional groups attached to an aromatic ring is 1. The van der Waals surface area contributed by atoms with Gasteiger partial charge >= 0.3 is 0 Å². The van der Waals surface area contributed by atoms with Crippen molar-refractivity contribution in [3.63, 3.8) is 0 Å². The van der Waals surface area contributed by atoms with Crippen LogP contribution in [0.2, 0.25) is 0 Å². The van der Waals surface area contributed by atoms with Crippen molar-refractivity contribution >= 4 is 17.6 Å². The lowest BCUT2D eigenvalue weighted by Crippen LogP contribution is -2.29. The predicted molar refractivity (Wildman–Crippen MR) is 68.9 cm³/mol. The number of aromatic amines is 1. The van der Waals surface area contributed by atoms with Crippen LogP contribution in [-0.2, 0) is 4.74 Å². The monoisotopic (exact) mass is 247 g/mol. The van der Waals surface area contributed by atoms with Gasteiger partial charge < -0.3 is 10.5 Å². The van der Waals surface area contributed by atoms with Gasteiger partial charge in [-0.2, -0.15) is 5.10 Å². The Morgan fingerprint density at radius 3 is 2.59 bits per heavy atom. The lowest BCUT2D eigenvalue weighted by molar-refractivity contribution is 0.0455. The Kier molecular flexibility index (Phi) is 2.78. The van der Waals surface area contributed by atoms with Crippen LogP contribution in [-0.4, -0.2) is 28.7 Å². The summed E-state index contributed by atoms with van der Waals surface area (Å²) in [5.74, 6) is 0.609. The molecule has 0 spiro atoms. The van der Waals surface area contributed by atoms with Crippen molar-refractivity contribution in [3.05, 3.63) is 30.5 Å². The Hall–Kier alpha value is -1.46. The summed E-state index contributed by atoms with van der Waals surface area (Å²) in [5, 5.41) is 7.27. The number of H-pyrrole nitrogens is 1. The quantitative estimate of drug-likeness (QED) is 0.872. The zero-order valence-electron chi connectivity index (χ0n) is 9.22. The number of nitrogens with zero attached hydrogens (tertiary/aromatic N) is 1. The summed E-state index contributed by atoms with van der Waals surface area (Å²) in [4.78, 5) is 1.27. The highest BCUT2D eigenvalue weighted by atomic mass is 32.2. The molecule has 1 aromatic carbocycles. The molecule has 1 saturated heterocycles. The van der Waals surface area contributed by atoms with Crippen LogP contribution in [0, 0.1) is 0 Å². The van der Waals surface area contributed by atoms with Gasteiger partial charge in [0.2, 0.25) is 0 Å². The third kappa shape index (κ3) is 2.16. The summed E-state index contributed by atoms with van der Waals surface area (Å²) in [6.45, 7) is 1.72. The normalized spacial score (nSPS) is 15.8. The van der Waals surface area contributed by atoms with E-state index in [2.05, 4.69) is 34.5 Å². The van der Waals surface area contributed by atoms with Gasteiger partial charge in [-0.3, -0.25) is 5.10 Å². The first-order valence-electron chi connectivity index (χ1n) is 5.46. The lowest BCUT2D eigenvalue weighted by Gasteiger charge is -2.25. The van der Waals surface area contributed by atoms with Gasteiger partial charge in [0.25, 0.3) is 0 Å². The number of benzene rings is 1. The molecule has 2 aromatic rings. The molecule has 3 N–H and O–H groups in total. The van der Waals surface area contributed by atoms with E-state index in [1.165, 1.54) is 4.90 Å².